The molecule has 0 spiro atoms. The molecule has 0 radical (unpaired) electrons. The Labute approximate surface area is 163 Å². The number of carbonyl (C=O) groups is 3. The lowest BCUT2D eigenvalue weighted by molar-refractivity contribution is -0.138. The number of halogens is 2. The van der Waals surface area contributed by atoms with Crippen molar-refractivity contribution in [1.29, 1.82) is 0 Å². The minimum absolute atomic E-state index is 0.0918. The van der Waals surface area contributed by atoms with E-state index in [0.717, 1.165) is 20.3 Å². The number of hydrogen-bond acceptors (Lipinski definition) is 6. The van der Waals surface area contributed by atoms with Crippen LogP contribution in [0.4, 0.5) is 10.1 Å². The number of anilines is 1. The third-order valence-electron chi connectivity index (χ3n) is 3.48. The summed E-state index contributed by atoms with van der Waals surface area (Å²) in [6.45, 7) is 0. The van der Waals surface area contributed by atoms with Gasteiger partial charge in [0.25, 0.3) is 0 Å². The molecular formula is C19H15BrFNO5. The van der Waals surface area contributed by atoms with Crippen molar-refractivity contribution in [2.75, 3.05) is 19.5 Å². The number of benzene rings is 2. The second-order valence-electron chi connectivity index (χ2n) is 5.20. The molecule has 8 heteroatoms. The number of methoxy groups -OCH3 is 2. The Hall–Kier alpha value is -3.00. The summed E-state index contributed by atoms with van der Waals surface area (Å²) in [5.41, 5.74) is -0.0920. The number of hydrogen-bond donors (Lipinski definition) is 1. The zero-order valence-corrected chi connectivity index (χ0v) is 16.0. The minimum atomic E-state index is -0.840. The number of carbonyl (C=O) groups excluding carboxylic acids is 3. The molecule has 6 nitrogen and oxygen atoms in total. The molecule has 0 atom stereocenters. The van der Waals surface area contributed by atoms with Gasteiger partial charge in [-0.2, -0.15) is 0 Å². The highest BCUT2D eigenvalue weighted by atomic mass is 79.9. The fourth-order valence-electron chi connectivity index (χ4n) is 2.18. The highest BCUT2D eigenvalue weighted by Gasteiger charge is 2.20. The predicted molar refractivity (Wildman–Crippen MR) is 99.7 cm³/mol. The molecule has 0 saturated carbocycles. The van der Waals surface area contributed by atoms with Crippen molar-refractivity contribution in [2.24, 2.45) is 0 Å². The van der Waals surface area contributed by atoms with E-state index in [-0.39, 0.29) is 22.5 Å². The van der Waals surface area contributed by atoms with Gasteiger partial charge in [0.1, 0.15) is 11.5 Å². The number of rotatable bonds is 6. The van der Waals surface area contributed by atoms with Crippen LogP contribution >= 0.6 is 15.9 Å². The average Bonchev–Trinajstić information content (AvgIpc) is 2.67. The number of ether oxygens (including phenoxy) is 2. The van der Waals surface area contributed by atoms with Gasteiger partial charge >= 0.3 is 11.9 Å². The molecule has 0 heterocycles. The van der Waals surface area contributed by atoms with Crippen LogP contribution in [0.1, 0.15) is 15.9 Å². The van der Waals surface area contributed by atoms with Crippen LogP contribution in [-0.4, -0.2) is 31.9 Å². The second kappa shape index (κ2) is 9.09. The Balaban J connectivity index is 2.50. The summed E-state index contributed by atoms with van der Waals surface area (Å²) in [6, 6.07) is 10.1. The summed E-state index contributed by atoms with van der Waals surface area (Å²) in [5, 5.41) is 2.68. The van der Waals surface area contributed by atoms with E-state index in [4.69, 9.17) is 0 Å². The van der Waals surface area contributed by atoms with Gasteiger partial charge < -0.3 is 14.8 Å². The fraction of sp³-hybridized carbons (Fsp3) is 0.105. The number of nitrogens with one attached hydrogen (secondary N) is 1. The van der Waals surface area contributed by atoms with Crippen molar-refractivity contribution in [3.8, 4) is 0 Å². The van der Waals surface area contributed by atoms with Gasteiger partial charge in [-0.05, 0) is 30.3 Å². The Morgan fingerprint density at radius 3 is 2.37 bits per heavy atom. The highest BCUT2D eigenvalue weighted by Crippen LogP contribution is 2.26. The van der Waals surface area contributed by atoms with Crippen LogP contribution in [0.25, 0.3) is 0 Å². The first-order valence-electron chi connectivity index (χ1n) is 7.61. The summed E-state index contributed by atoms with van der Waals surface area (Å²) < 4.78 is 23.7. The Morgan fingerprint density at radius 1 is 1.04 bits per heavy atom. The van der Waals surface area contributed by atoms with Crippen molar-refractivity contribution in [1.82, 2.24) is 0 Å². The highest BCUT2D eigenvalue weighted by molar-refractivity contribution is 9.10. The van der Waals surface area contributed by atoms with Crippen molar-refractivity contribution >= 4 is 39.3 Å². The Kier molecular flexibility index (Phi) is 6.84. The molecule has 140 valence electrons. The molecule has 2 aromatic carbocycles. The Bertz CT molecular complexity index is 926. The van der Waals surface area contributed by atoms with Crippen LogP contribution < -0.4 is 5.32 Å². The van der Waals surface area contributed by atoms with E-state index < -0.39 is 23.5 Å². The first-order chi connectivity index (χ1) is 12.9. The van der Waals surface area contributed by atoms with Crippen LogP contribution in [0.2, 0.25) is 0 Å². The van der Waals surface area contributed by atoms with Gasteiger partial charge in [0.05, 0.1) is 25.9 Å². The third kappa shape index (κ3) is 5.01. The van der Waals surface area contributed by atoms with Gasteiger partial charge in [-0.15, -0.1) is 0 Å². The van der Waals surface area contributed by atoms with Crippen molar-refractivity contribution in [3.63, 3.8) is 0 Å². The summed E-state index contributed by atoms with van der Waals surface area (Å²) in [5.74, 6) is -2.90. The summed E-state index contributed by atoms with van der Waals surface area (Å²) >= 11 is 3.26. The molecule has 1 N–H and O–H groups in total. The molecule has 0 aromatic heterocycles. The topological polar surface area (TPSA) is 81.7 Å². The van der Waals surface area contributed by atoms with Gasteiger partial charge in [0, 0.05) is 15.7 Å². The molecule has 27 heavy (non-hydrogen) atoms. The predicted octanol–water partition coefficient (Wildman–Crippen LogP) is 3.46. The first-order valence-corrected chi connectivity index (χ1v) is 8.40. The van der Waals surface area contributed by atoms with E-state index in [0.29, 0.717) is 4.47 Å². The van der Waals surface area contributed by atoms with Crippen LogP contribution in [-0.2, 0) is 19.1 Å². The summed E-state index contributed by atoms with van der Waals surface area (Å²) in [4.78, 5) is 36.2. The molecule has 2 rings (SSSR count). The number of ketones is 1. The number of esters is 2. The van der Waals surface area contributed by atoms with Crippen LogP contribution in [0.5, 0.6) is 0 Å². The van der Waals surface area contributed by atoms with Crippen molar-refractivity contribution in [3.05, 3.63) is 75.7 Å². The standard InChI is InChI=1S/C19H15BrFNO5/c1-26-17(23)10-16(19(25)27-2)22-15-8-7-11(20)9-13(15)18(24)12-5-3-4-6-14(12)21/h3-10,22H,1-2H3/b16-10+. The lowest BCUT2D eigenvalue weighted by atomic mass is 10.0. The molecular weight excluding hydrogens is 421 g/mol. The van der Waals surface area contributed by atoms with Crippen LogP contribution in [0, 0.1) is 5.82 Å². The van der Waals surface area contributed by atoms with E-state index in [1.54, 1.807) is 12.1 Å². The molecule has 2 aromatic rings. The van der Waals surface area contributed by atoms with Crippen molar-refractivity contribution < 1.29 is 28.2 Å². The quantitative estimate of drug-likeness (QED) is 0.425. The molecule has 0 saturated heterocycles. The van der Waals surface area contributed by atoms with Crippen molar-refractivity contribution in [2.45, 2.75) is 0 Å². The zero-order valence-electron chi connectivity index (χ0n) is 14.4. The van der Waals surface area contributed by atoms with Gasteiger partial charge in [0.15, 0.2) is 5.78 Å². The average molecular weight is 436 g/mol. The van der Waals surface area contributed by atoms with E-state index >= 15 is 0 Å². The van der Waals surface area contributed by atoms with E-state index in [2.05, 4.69) is 30.7 Å². The van der Waals surface area contributed by atoms with E-state index in [9.17, 15) is 18.8 Å². The van der Waals surface area contributed by atoms with E-state index in [1.165, 1.54) is 30.3 Å². The molecule has 0 unspecified atom stereocenters. The van der Waals surface area contributed by atoms with E-state index in [1.807, 2.05) is 0 Å². The summed E-state index contributed by atoms with van der Waals surface area (Å²) in [6.07, 6.45) is 0.894. The Morgan fingerprint density at radius 2 is 1.74 bits per heavy atom. The lowest BCUT2D eigenvalue weighted by Crippen LogP contribution is -2.17. The van der Waals surface area contributed by atoms with Gasteiger partial charge in [-0.25, -0.2) is 14.0 Å². The third-order valence-corrected chi connectivity index (χ3v) is 3.98. The maximum Gasteiger partial charge on any atom is 0.354 e. The second-order valence-corrected chi connectivity index (χ2v) is 6.11. The van der Waals surface area contributed by atoms with Gasteiger partial charge in [-0.3, -0.25) is 4.79 Å². The maximum atomic E-state index is 14.0. The SMILES string of the molecule is COC(=O)/C=C(/Nc1ccc(Br)cc1C(=O)c1ccccc1F)C(=O)OC. The van der Waals surface area contributed by atoms with Crippen LogP contribution in [0.15, 0.2) is 58.7 Å². The molecule has 0 aliphatic rings. The minimum Gasteiger partial charge on any atom is -0.466 e. The van der Waals surface area contributed by atoms with Gasteiger partial charge in [-0.1, -0.05) is 28.1 Å². The summed E-state index contributed by atoms with van der Waals surface area (Å²) in [7, 11) is 2.29. The molecule has 0 aliphatic heterocycles. The molecule has 0 aliphatic carbocycles. The largest absolute Gasteiger partial charge is 0.466 e. The van der Waals surface area contributed by atoms with Gasteiger partial charge in [0.2, 0.25) is 0 Å². The molecule has 0 amide bonds. The monoisotopic (exact) mass is 435 g/mol. The fourth-order valence-corrected chi connectivity index (χ4v) is 2.54. The zero-order chi connectivity index (χ0) is 20.0. The van der Waals surface area contributed by atoms with Crippen LogP contribution in [0.3, 0.4) is 0 Å². The molecule has 0 fully saturated rings. The smallest absolute Gasteiger partial charge is 0.354 e. The maximum absolute atomic E-state index is 14.0. The normalized spacial score (nSPS) is 10.9. The molecule has 0 bridgehead atoms. The lowest BCUT2D eigenvalue weighted by Gasteiger charge is -2.14. The first kappa shape index (κ1) is 20.3.